The van der Waals surface area contributed by atoms with Gasteiger partial charge in [0.15, 0.2) is 0 Å². The minimum atomic E-state index is -0.220. The highest BCUT2D eigenvalue weighted by Crippen LogP contribution is 2.12. The van der Waals surface area contributed by atoms with E-state index in [4.69, 9.17) is 0 Å². The van der Waals surface area contributed by atoms with Crippen molar-refractivity contribution in [3.05, 3.63) is 0 Å². The van der Waals surface area contributed by atoms with Gasteiger partial charge in [-0.05, 0) is 20.9 Å². The van der Waals surface area contributed by atoms with Crippen LogP contribution in [0.25, 0.3) is 0 Å². The van der Waals surface area contributed by atoms with Gasteiger partial charge in [0.05, 0.1) is 6.04 Å². The molecular formula is C9H19FN2. The lowest BCUT2D eigenvalue weighted by Gasteiger charge is -2.41. The zero-order valence-electron chi connectivity index (χ0n) is 8.26. The molecule has 1 rings (SSSR count). The number of rotatable bonds is 2. The highest BCUT2D eigenvalue weighted by atomic mass is 19.1. The Morgan fingerprint density at radius 3 is 2.58 bits per heavy atom. The molecular weight excluding hydrogens is 155 g/mol. The average molecular weight is 174 g/mol. The summed E-state index contributed by atoms with van der Waals surface area (Å²) >= 11 is 0. The van der Waals surface area contributed by atoms with Crippen molar-refractivity contribution in [1.82, 2.24) is 9.80 Å². The summed E-state index contributed by atoms with van der Waals surface area (Å²) < 4.78 is 12.6. The van der Waals surface area contributed by atoms with Crippen molar-refractivity contribution < 1.29 is 4.39 Å². The number of halogens is 1. The molecule has 0 N–H and O–H groups in total. The molecule has 12 heavy (non-hydrogen) atoms. The van der Waals surface area contributed by atoms with Crippen LogP contribution in [0, 0.1) is 0 Å². The van der Waals surface area contributed by atoms with E-state index in [2.05, 4.69) is 30.7 Å². The monoisotopic (exact) mass is 174 g/mol. The Labute approximate surface area is 74.3 Å². The highest BCUT2D eigenvalue weighted by molar-refractivity contribution is 4.82. The van der Waals surface area contributed by atoms with Crippen molar-refractivity contribution in [2.75, 3.05) is 33.4 Å². The molecule has 0 spiro atoms. The van der Waals surface area contributed by atoms with Crippen molar-refractivity contribution >= 4 is 0 Å². The Morgan fingerprint density at radius 2 is 2.08 bits per heavy atom. The van der Waals surface area contributed by atoms with Gasteiger partial charge < -0.3 is 4.90 Å². The molecule has 0 amide bonds. The van der Waals surface area contributed by atoms with Crippen LogP contribution >= 0.6 is 0 Å². The molecule has 1 heterocycles. The lowest BCUT2D eigenvalue weighted by Crippen LogP contribution is -2.55. The van der Waals surface area contributed by atoms with Gasteiger partial charge in [-0.2, -0.15) is 0 Å². The van der Waals surface area contributed by atoms with Crippen LogP contribution in [0.4, 0.5) is 4.39 Å². The summed E-state index contributed by atoms with van der Waals surface area (Å²) in [5, 5.41) is 0. The molecule has 0 aromatic carbocycles. The van der Waals surface area contributed by atoms with E-state index in [9.17, 15) is 4.39 Å². The summed E-state index contributed by atoms with van der Waals surface area (Å²) in [6, 6.07) is 0.586. The minimum Gasteiger partial charge on any atom is -0.303 e. The van der Waals surface area contributed by atoms with Gasteiger partial charge in [-0.15, -0.1) is 0 Å². The molecule has 1 saturated heterocycles. The maximum Gasteiger partial charge on any atom is 0.106 e. The summed E-state index contributed by atoms with van der Waals surface area (Å²) in [6.45, 7) is 6.98. The number of likely N-dealkylation sites (N-methyl/N-ethyl adjacent to an activating group) is 1. The first-order valence-corrected chi connectivity index (χ1v) is 4.65. The van der Waals surface area contributed by atoms with Crippen molar-refractivity contribution in [2.24, 2.45) is 0 Å². The van der Waals surface area contributed by atoms with E-state index in [1.165, 1.54) is 0 Å². The molecule has 0 radical (unpaired) electrons. The van der Waals surface area contributed by atoms with Crippen molar-refractivity contribution in [3.8, 4) is 0 Å². The first-order chi connectivity index (χ1) is 5.65. The molecule has 1 fully saturated rings. The van der Waals surface area contributed by atoms with E-state index in [0.29, 0.717) is 6.04 Å². The zero-order chi connectivity index (χ0) is 9.14. The number of alkyl halides is 1. The number of piperazine rings is 1. The molecule has 1 aliphatic rings. The van der Waals surface area contributed by atoms with Crippen LogP contribution in [0.1, 0.15) is 13.8 Å². The Morgan fingerprint density at radius 1 is 1.42 bits per heavy atom. The number of hydrogen-bond donors (Lipinski definition) is 0. The predicted molar refractivity (Wildman–Crippen MR) is 49.1 cm³/mol. The van der Waals surface area contributed by atoms with Crippen molar-refractivity contribution in [2.45, 2.75) is 25.9 Å². The van der Waals surface area contributed by atoms with E-state index >= 15 is 0 Å². The third kappa shape index (κ3) is 2.17. The Kier molecular flexibility index (Phi) is 3.47. The van der Waals surface area contributed by atoms with Crippen molar-refractivity contribution in [3.63, 3.8) is 0 Å². The summed E-state index contributed by atoms with van der Waals surface area (Å²) in [7, 11) is 2.06. The van der Waals surface area contributed by atoms with Crippen LogP contribution in [0.3, 0.4) is 0 Å². The van der Waals surface area contributed by atoms with Crippen molar-refractivity contribution in [1.29, 1.82) is 0 Å². The molecule has 0 bridgehead atoms. The normalized spacial score (nSPS) is 28.2. The fourth-order valence-electron chi connectivity index (χ4n) is 1.84. The Balaban J connectivity index is 2.50. The maximum atomic E-state index is 12.6. The average Bonchev–Trinajstić information content (AvgIpc) is 2.03. The summed E-state index contributed by atoms with van der Waals surface area (Å²) in [4.78, 5) is 4.45. The smallest absolute Gasteiger partial charge is 0.106 e. The van der Waals surface area contributed by atoms with Gasteiger partial charge in [-0.1, -0.05) is 0 Å². The summed E-state index contributed by atoms with van der Waals surface area (Å²) in [5.74, 6) is 0. The molecule has 0 aliphatic carbocycles. The first-order valence-electron chi connectivity index (χ1n) is 4.65. The van der Waals surface area contributed by atoms with E-state index in [1.54, 1.807) is 0 Å². The van der Waals surface area contributed by atoms with Crippen LogP contribution in [-0.4, -0.2) is 55.2 Å². The van der Waals surface area contributed by atoms with Gasteiger partial charge in [0.2, 0.25) is 0 Å². The molecule has 72 valence electrons. The molecule has 1 atom stereocenters. The fourth-order valence-corrected chi connectivity index (χ4v) is 1.84. The second kappa shape index (κ2) is 4.19. The first kappa shape index (κ1) is 9.93. The van der Waals surface area contributed by atoms with Crippen LogP contribution in [-0.2, 0) is 0 Å². The molecule has 3 heteroatoms. The minimum absolute atomic E-state index is 0.115. The maximum absolute atomic E-state index is 12.6. The molecule has 0 aromatic heterocycles. The molecule has 1 aliphatic heterocycles. The van der Waals surface area contributed by atoms with Gasteiger partial charge in [0.1, 0.15) is 6.67 Å². The van der Waals surface area contributed by atoms with E-state index in [1.807, 2.05) is 0 Å². The zero-order valence-corrected chi connectivity index (χ0v) is 8.26. The van der Waals surface area contributed by atoms with Crippen LogP contribution in [0.15, 0.2) is 0 Å². The Bertz CT molecular complexity index is 138. The molecule has 2 nitrogen and oxygen atoms in total. The molecule has 1 unspecified atom stereocenters. The topological polar surface area (TPSA) is 6.48 Å². The van der Waals surface area contributed by atoms with Gasteiger partial charge in [-0.25, -0.2) is 4.39 Å². The predicted octanol–water partition coefficient (Wildman–Crippen LogP) is 0.980. The Hall–Kier alpha value is -0.150. The molecule has 0 aromatic rings. The van der Waals surface area contributed by atoms with Gasteiger partial charge >= 0.3 is 0 Å². The summed E-state index contributed by atoms with van der Waals surface area (Å²) in [6.07, 6.45) is 0. The number of hydrogen-bond acceptors (Lipinski definition) is 2. The van der Waals surface area contributed by atoms with Gasteiger partial charge in [0.25, 0.3) is 0 Å². The van der Waals surface area contributed by atoms with E-state index in [-0.39, 0.29) is 12.7 Å². The SMILES string of the molecule is CC(C)N1CCN(C)CC1CF. The van der Waals surface area contributed by atoms with E-state index in [0.717, 1.165) is 19.6 Å². The largest absolute Gasteiger partial charge is 0.303 e. The second-order valence-corrected chi connectivity index (χ2v) is 3.90. The highest BCUT2D eigenvalue weighted by Gasteiger charge is 2.26. The third-order valence-corrected chi connectivity index (χ3v) is 2.57. The quantitative estimate of drug-likeness (QED) is 0.616. The molecule has 0 saturated carbocycles. The summed E-state index contributed by atoms with van der Waals surface area (Å²) in [5.41, 5.74) is 0. The van der Waals surface area contributed by atoms with Crippen LogP contribution < -0.4 is 0 Å². The standard InChI is InChI=1S/C9H19FN2/c1-8(2)12-5-4-11(3)7-9(12)6-10/h8-9H,4-7H2,1-3H3. The third-order valence-electron chi connectivity index (χ3n) is 2.57. The second-order valence-electron chi connectivity index (χ2n) is 3.90. The fraction of sp³-hybridized carbons (Fsp3) is 1.00. The van der Waals surface area contributed by atoms with Gasteiger partial charge in [0, 0.05) is 25.7 Å². The van der Waals surface area contributed by atoms with Gasteiger partial charge in [-0.3, -0.25) is 4.90 Å². The van der Waals surface area contributed by atoms with Crippen LogP contribution in [0.2, 0.25) is 0 Å². The number of nitrogens with zero attached hydrogens (tertiary/aromatic N) is 2. The van der Waals surface area contributed by atoms with E-state index < -0.39 is 0 Å². The lowest BCUT2D eigenvalue weighted by molar-refractivity contribution is 0.0502. The van der Waals surface area contributed by atoms with Crippen LogP contribution in [0.5, 0.6) is 0 Å². The lowest BCUT2D eigenvalue weighted by atomic mass is 10.1.